The molecular formula is C14H15F3N2O6S. The third-order valence-electron chi connectivity index (χ3n) is 2.80. The molecular weight excluding hydrogens is 381 g/mol. The highest BCUT2D eigenvalue weighted by molar-refractivity contribution is 7.18. The molecule has 1 rings (SSSR count). The number of anilines is 1. The average molecular weight is 396 g/mol. The van der Waals surface area contributed by atoms with Gasteiger partial charge in [-0.2, -0.15) is 13.2 Å². The van der Waals surface area contributed by atoms with Gasteiger partial charge in [0.15, 0.2) is 0 Å². The van der Waals surface area contributed by atoms with Crippen molar-refractivity contribution in [2.24, 2.45) is 0 Å². The summed E-state index contributed by atoms with van der Waals surface area (Å²) in [4.78, 5) is 46.3. The lowest BCUT2D eigenvalue weighted by atomic mass is 10.1. The first-order valence-corrected chi connectivity index (χ1v) is 8.01. The number of alkyl halides is 3. The van der Waals surface area contributed by atoms with Crippen LogP contribution in [-0.4, -0.2) is 43.3 Å². The molecule has 8 nitrogen and oxygen atoms in total. The summed E-state index contributed by atoms with van der Waals surface area (Å²) in [6, 6.07) is -1.52. The molecule has 0 saturated carbocycles. The van der Waals surface area contributed by atoms with E-state index in [0.29, 0.717) is 11.3 Å². The Hall–Kier alpha value is -2.63. The van der Waals surface area contributed by atoms with Crippen LogP contribution in [0.3, 0.4) is 0 Å². The normalized spacial score (nSPS) is 10.8. The minimum atomic E-state index is -5.26. The summed E-state index contributed by atoms with van der Waals surface area (Å²) in [6.07, 6.45) is -5.26. The highest BCUT2D eigenvalue weighted by atomic mass is 32.1. The van der Waals surface area contributed by atoms with Crippen LogP contribution in [0.2, 0.25) is 0 Å². The Balaban J connectivity index is 3.17. The first-order chi connectivity index (χ1) is 12.0. The molecule has 0 saturated heterocycles. The zero-order valence-corrected chi connectivity index (χ0v) is 14.7. The maximum absolute atomic E-state index is 12.2. The van der Waals surface area contributed by atoms with Gasteiger partial charge in [-0.25, -0.2) is 14.4 Å². The zero-order chi connectivity index (χ0) is 20.1. The molecule has 144 valence electrons. The van der Waals surface area contributed by atoms with E-state index in [2.05, 4.69) is 0 Å². The van der Waals surface area contributed by atoms with E-state index in [1.165, 1.54) is 13.8 Å². The molecule has 0 fully saturated rings. The van der Waals surface area contributed by atoms with Crippen LogP contribution < -0.4 is 10.6 Å². The van der Waals surface area contributed by atoms with Crippen LogP contribution in [0.15, 0.2) is 0 Å². The number of hydrogen-bond donors (Lipinski definition) is 2. The van der Waals surface area contributed by atoms with Gasteiger partial charge in [-0.05, 0) is 26.3 Å². The number of esters is 2. The number of ether oxygens (including phenoxy) is 2. The topological polar surface area (TPSA) is 111 Å². The Morgan fingerprint density at radius 2 is 1.58 bits per heavy atom. The number of imide groups is 1. The molecule has 0 spiro atoms. The number of rotatable bonds is 5. The largest absolute Gasteiger partial charge is 0.471 e. The van der Waals surface area contributed by atoms with Crippen molar-refractivity contribution >= 4 is 40.2 Å². The number of hydrogen-bond acceptors (Lipinski definition) is 7. The fraction of sp³-hybridized carbons (Fsp3) is 0.429. The van der Waals surface area contributed by atoms with Crippen LogP contribution in [-0.2, 0) is 14.3 Å². The van der Waals surface area contributed by atoms with E-state index in [0.717, 1.165) is 5.32 Å². The number of carbonyl (C=O) groups excluding carboxylic acids is 4. The number of amides is 3. The first-order valence-electron chi connectivity index (χ1n) is 7.19. The standard InChI is InChI=1S/C14H15F3N2O6S/c1-4-24-10(20)7-6(3)8(11(21)25-5-2)26-9(7)18-13(23)19-12(22)14(15,16)17/h4-5H2,1-3H3,(H2,18,19,22,23). The summed E-state index contributed by atoms with van der Waals surface area (Å²) in [6.45, 7) is 4.50. The summed E-state index contributed by atoms with van der Waals surface area (Å²) < 4.78 is 46.2. The van der Waals surface area contributed by atoms with Crippen molar-refractivity contribution in [1.29, 1.82) is 0 Å². The minimum Gasteiger partial charge on any atom is -0.462 e. The molecule has 0 bridgehead atoms. The van der Waals surface area contributed by atoms with Gasteiger partial charge in [-0.3, -0.25) is 15.4 Å². The molecule has 0 aliphatic carbocycles. The molecule has 3 amide bonds. The highest BCUT2D eigenvalue weighted by Gasteiger charge is 2.40. The van der Waals surface area contributed by atoms with Gasteiger partial charge < -0.3 is 9.47 Å². The molecule has 0 atom stereocenters. The third-order valence-corrected chi connectivity index (χ3v) is 3.99. The second kappa shape index (κ2) is 8.65. The summed E-state index contributed by atoms with van der Waals surface area (Å²) in [5.74, 6) is -4.15. The van der Waals surface area contributed by atoms with Gasteiger partial charge in [0.2, 0.25) is 0 Å². The third kappa shape index (κ3) is 5.18. The van der Waals surface area contributed by atoms with Gasteiger partial charge in [0.1, 0.15) is 9.88 Å². The van der Waals surface area contributed by atoms with Crippen LogP contribution in [0.5, 0.6) is 0 Å². The molecule has 0 aromatic carbocycles. The lowest BCUT2D eigenvalue weighted by Crippen LogP contribution is -2.42. The predicted octanol–water partition coefficient (Wildman–Crippen LogP) is 2.62. The van der Waals surface area contributed by atoms with Crippen LogP contribution in [0.4, 0.5) is 23.0 Å². The SMILES string of the molecule is CCOC(=O)c1sc(NC(=O)NC(=O)C(F)(F)F)c(C(=O)OCC)c1C. The van der Waals surface area contributed by atoms with Crippen molar-refractivity contribution in [3.63, 3.8) is 0 Å². The van der Waals surface area contributed by atoms with E-state index < -0.39 is 30.1 Å². The fourth-order valence-electron chi connectivity index (χ4n) is 1.75. The van der Waals surface area contributed by atoms with Crippen molar-refractivity contribution < 1.29 is 41.8 Å². The molecule has 1 aromatic heterocycles. The first kappa shape index (κ1) is 21.4. The molecule has 1 aromatic rings. The number of nitrogens with one attached hydrogen (secondary N) is 2. The van der Waals surface area contributed by atoms with Crippen molar-refractivity contribution in [1.82, 2.24) is 5.32 Å². The molecule has 2 N–H and O–H groups in total. The quantitative estimate of drug-likeness (QED) is 0.741. The highest BCUT2D eigenvalue weighted by Crippen LogP contribution is 2.34. The fourth-order valence-corrected chi connectivity index (χ4v) is 2.83. The molecule has 1 heterocycles. The van der Waals surface area contributed by atoms with Gasteiger partial charge in [0.05, 0.1) is 18.8 Å². The van der Waals surface area contributed by atoms with Gasteiger partial charge in [0, 0.05) is 0 Å². The lowest BCUT2D eigenvalue weighted by Gasteiger charge is -2.09. The van der Waals surface area contributed by atoms with Gasteiger partial charge in [0.25, 0.3) is 0 Å². The number of urea groups is 1. The molecule has 0 aliphatic rings. The van der Waals surface area contributed by atoms with E-state index in [1.807, 2.05) is 5.32 Å². The average Bonchev–Trinajstić information content (AvgIpc) is 2.83. The van der Waals surface area contributed by atoms with E-state index in [1.54, 1.807) is 6.92 Å². The number of carbonyl (C=O) groups is 4. The van der Waals surface area contributed by atoms with Crippen molar-refractivity contribution in [3.8, 4) is 0 Å². The molecule has 0 radical (unpaired) electrons. The van der Waals surface area contributed by atoms with E-state index in [9.17, 15) is 32.3 Å². The molecule has 12 heteroatoms. The van der Waals surface area contributed by atoms with Crippen LogP contribution in [0, 0.1) is 6.92 Å². The molecule has 26 heavy (non-hydrogen) atoms. The molecule has 0 unspecified atom stereocenters. The number of halogens is 3. The lowest BCUT2D eigenvalue weighted by molar-refractivity contribution is -0.172. The van der Waals surface area contributed by atoms with Crippen molar-refractivity contribution in [3.05, 3.63) is 16.0 Å². The van der Waals surface area contributed by atoms with Gasteiger partial charge >= 0.3 is 30.1 Å². The second-order valence-electron chi connectivity index (χ2n) is 4.61. The van der Waals surface area contributed by atoms with E-state index in [-0.39, 0.29) is 34.2 Å². The predicted molar refractivity (Wildman–Crippen MR) is 84.2 cm³/mol. The Kier molecular flexibility index (Phi) is 7.12. The van der Waals surface area contributed by atoms with E-state index >= 15 is 0 Å². The second-order valence-corrected chi connectivity index (χ2v) is 5.63. The number of thiophene rings is 1. The maximum Gasteiger partial charge on any atom is 0.471 e. The van der Waals surface area contributed by atoms with E-state index in [4.69, 9.17) is 9.47 Å². The van der Waals surface area contributed by atoms with Crippen LogP contribution in [0.1, 0.15) is 39.4 Å². The van der Waals surface area contributed by atoms with Crippen molar-refractivity contribution in [2.75, 3.05) is 18.5 Å². The van der Waals surface area contributed by atoms with Crippen molar-refractivity contribution in [2.45, 2.75) is 26.9 Å². The summed E-state index contributed by atoms with van der Waals surface area (Å²) in [5.41, 5.74) is -0.0844. The zero-order valence-electron chi connectivity index (χ0n) is 13.9. The Labute approximate surface area is 149 Å². The Bertz CT molecular complexity index is 729. The summed E-state index contributed by atoms with van der Waals surface area (Å²) >= 11 is 0.611. The Morgan fingerprint density at radius 3 is 2.08 bits per heavy atom. The monoisotopic (exact) mass is 396 g/mol. The summed E-state index contributed by atoms with van der Waals surface area (Å²) in [5, 5.41) is 2.77. The maximum atomic E-state index is 12.2. The summed E-state index contributed by atoms with van der Waals surface area (Å²) in [7, 11) is 0. The van der Waals surface area contributed by atoms with Gasteiger partial charge in [-0.1, -0.05) is 0 Å². The van der Waals surface area contributed by atoms with Crippen LogP contribution in [0.25, 0.3) is 0 Å². The smallest absolute Gasteiger partial charge is 0.462 e. The Morgan fingerprint density at radius 1 is 1.04 bits per heavy atom. The van der Waals surface area contributed by atoms with Gasteiger partial charge in [-0.15, -0.1) is 11.3 Å². The molecule has 0 aliphatic heterocycles. The minimum absolute atomic E-state index is 0.0128. The van der Waals surface area contributed by atoms with Crippen LogP contribution >= 0.6 is 11.3 Å².